The highest BCUT2D eigenvalue weighted by Gasteiger charge is 2.16. The summed E-state index contributed by atoms with van der Waals surface area (Å²) in [7, 11) is -1.72. The first-order chi connectivity index (χ1) is 13.2. The Kier molecular flexibility index (Phi) is 5.11. The summed E-state index contributed by atoms with van der Waals surface area (Å²) < 4.78 is 28.5. The molecule has 0 heterocycles. The van der Waals surface area contributed by atoms with Crippen molar-refractivity contribution in [3.05, 3.63) is 66.2 Å². The lowest BCUT2D eigenvalue weighted by molar-refractivity contribution is 0.100. The van der Waals surface area contributed by atoms with Crippen molar-refractivity contribution in [1.29, 1.82) is 0 Å². The average Bonchev–Trinajstić information content (AvgIpc) is 2.67. The van der Waals surface area contributed by atoms with Crippen molar-refractivity contribution >= 4 is 21.4 Å². The summed E-state index contributed by atoms with van der Waals surface area (Å²) in [6.07, 6.45) is 1.14. The first-order valence-electron chi connectivity index (χ1n) is 8.39. The number of hydrogen-bond donors (Lipinski definition) is 2. The van der Waals surface area contributed by atoms with Crippen molar-refractivity contribution < 1.29 is 17.9 Å². The third kappa shape index (κ3) is 3.84. The second kappa shape index (κ2) is 7.36. The minimum atomic E-state index is -3.31. The molecule has 3 rings (SSSR count). The Hall–Kier alpha value is -3.32. The van der Waals surface area contributed by atoms with Crippen LogP contribution in [0.25, 0.3) is 22.3 Å². The molecule has 3 aromatic rings. The molecule has 3 aromatic carbocycles. The van der Waals surface area contributed by atoms with Crippen molar-refractivity contribution in [2.75, 3.05) is 19.1 Å². The SMILES string of the molecule is COc1ccc(-c2cc(C(N)=O)c(N)c(-c3ccc(S(C)(=O)=O)cc3)c2)cc1. The van der Waals surface area contributed by atoms with Gasteiger partial charge in [0.15, 0.2) is 9.84 Å². The van der Waals surface area contributed by atoms with Crippen molar-refractivity contribution in [3.63, 3.8) is 0 Å². The fourth-order valence-electron chi connectivity index (χ4n) is 2.93. The number of ether oxygens (including phenoxy) is 1. The van der Waals surface area contributed by atoms with Crippen molar-refractivity contribution in [2.45, 2.75) is 4.90 Å². The Labute approximate surface area is 163 Å². The van der Waals surface area contributed by atoms with Gasteiger partial charge >= 0.3 is 0 Å². The minimum Gasteiger partial charge on any atom is -0.497 e. The molecule has 4 N–H and O–H groups in total. The van der Waals surface area contributed by atoms with E-state index in [0.717, 1.165) is 17.4 Å². The van der Waals surface area contributed by atoms with E-state index in [0.29, 0.717) is 16.9 Å². The van der Waals surface area contributed by atoms with Crippen LogP contribution in [0, 0.1) is 0 Å². The molecule has 0 saturated carbocycles. The number of rotatable bonds is 5. The van der Waals surface area contributed by atoms with E-state index in [1.165, 1.54) is 12.1 Å². The van der Waals surface area contributed by atoms with Crippen LogP contribution in [0.1, 0.15) is 10.4 Å². The number of methoxy groups -OCH3 is 1. The van der Waals surface area contributed by atoms with Gasteiger partial charge in [-0.15, -0.1) is 0 Å². The molecule has 0 aliphatic carbocycles. The smallest absolute Gasteiger partial charge is 0.250 e. The molecular weight excluding hydrogens is 376 g/mol. The van der Waals surface area contributed by atoms with Crippen LogP contribution in [0.2, 0.25) is 0 Å². The summed E-state index contributed by atoms with van der Waals surface area (Å²) in [5.74, 6) is 0.0766. The van der Waals surface area contributed by atoms with Gasteiger partial charge in [-0.3, -0.25) is 4.79 Å². The van der Waals surface area contributed by atoms with Gasteiger partial charge in [-0.25, -0.2) is 8.42 Å². The van der Waals surface area contributed by atoms with Crippen LogP contribution in [0.5, 0.6) is 5.75 Å². The summed E-state index contributed by atoms with van der Waals surface area (Å²) >= 11 is 0. The van der Waals surface area contributed by atoms with Gasteiger partial charge < -0.3 is 16.2 Å². The number of hydrogen-bond acceptors (Lipinski definition) is 5. The molecule has 28 heavy (non-hydrogen) atoms. The molecule has 1 amide bonds. The molecule has 0 bridgehead atoms. The summed E-state index contributed by atoms with van der Waals surface area (Å²) in [6.45, 7) is 0. The van der Waals surface area contributed by atoms with Crippen LogP contribution < -0.4 is 16.2 Å². The molecule has 0 unspecified atom stereocenters. The monoisotopic (exact) mass is 396 g/mol. The molecule has 0 aromatic heterocycles. The highest BCUT2D eigenvalue weighted by Crippen LogP contribution is 2.35. The highest BCUT2D eigenvalue weighted by atomic mass is 32.2. The van der Waals surface area contributed by atoms with Crippen LogP contribution in [0.15, 0.2) is 65.6 Å². The zero-order chi connectivity index (χ0) is 20.5. The second-order valence-corrected chi connectivity index (χ2v) is 8.39. The lowest BCUT2D eigenvalue weighted by atomic mass is 9.94. The summed E-state index contributed by atoms with van der Waals surface area (Å²) in [4.78, 5) is 12.1. The fraction of sp³-hybridized carbons (Fsp3) is 0.0952. The van der Waals surface area contributed by atoms with Crippen LogP contribution in [0.3, 0.4) is 0 Å². The third-order valence-corrected chi connectivity index (χ3v) is 5.59. The number of anilines is 1. The molecule has 0 saturated heterocycles. The summed E-state index contributed by atoms with van der Waals surface area (Å²) in [5, 5.41) is 0. The molecule has 7 heteroatoms. The lowest BCUT2D eigenvalue weighted by Crippen LogP contribution is -2.14. The maximum absolute atomic E-state index is 11.9. The number of primary amides is 1. The second-order valence-electron chi connectivity index (χ2n) is 6.37. The predicted molar refractivity (Wildman–Crippen MR) is 110 cm³/mol. The van der Waals surface area contributed by atoms with Crippen molar-refractivity contribution in [1.82, 2.24) is 0 Å². The molecule has 0 aliphatic rings. The highest BCUT2D eigenvalue weighted by molar-refractivity contribution is 7.90. The van der Waals surface area contributed by atoms with Crippen LogP contribution in [0.4, 0.5) is 5.69 Å². The molecule has 0 aliphatic heterocycles. The number of sulfone groups is 1. The van der Waals surface area contributed by atoms with E-state index in [4.69, 9.17) is 16.2 Å². The van der Waals surface area contributed by atoms with Gasteiger partial charge in [0.25, 0.3) is 5.91 Å². The van der Waals surface area contributed by atoms with E-state index in [1.807, 2.05) is 30.3 Å². The number of carbonyl (C=O) groups excluding carboxylic acids is 1. The number of benzene rings is 3. The van der Waals surface area contributed by atoms with Gasteiger partial charge in [-0.2, -0.15) is 0 Å². The molecule has 6 nitrogen and oxygen atoms in total. The molecule has 0 spiro atoms. The van der Waals surface area contributed by atoms with E-state index in [1.54, 1.807) is 25.3 Å². The van der Waals surface area contributed by atoms with Crippen molar-refractivity contribution in [3.8, 4) is 28.0 Å². The zero-order valence-electron chi connectivity index (χ0n) is 15.5. The maximum Gasteiger partial charge on any atom is 0.250 e. The van der Waals surface area contributed by atoms with E-state index < -0.39 is 15.7 Å². The quantitative estimate of drug-likeness (QED) is 0.644. The van der Waals surface area contributed by atoms with Gasteiger partial charge in [0.05, 0.1) is 23.3 Å². The van der Waals surface area contributed by atoms with Gasteiger partial charge in [0, 0.05) is 11.8 Å². The largest absolute Gasteiger partial charge is 0.497 e. The zero-order valence-corrected chi connectivity index (χ0v) is 16.3. The molecule has 0 fully saturated rings. The minimum absolute atomic E-state index is 0.204. The average molecular weight is 396 g/mol. The van der Waals surface area contributed by atoms with Gasteiger partial charge in [-0.1, -0.05) is 24.3 Å². The normalized spacial score (nSPS) is 11.2. The van der Waals surface area contributed by atoms with E-state index in [2.05, 4.69) is 0 Å². The van der Waals surface area contributed by atoms with Crippen LogP contribution in [-0.2, 0) is 9.84 Å². The summed E-state index contributed by atoms with van der Waals surface area (Å²) in [6, 6.07) is 17.2. The standard InChI is InChI=1S/C21H20N2O4S/c1-27-16-7-3-13(4-8-16)15-11-18(20(22)19(12-15)21(23)24)14-5-9-17(10-6-14)28(2,25)26/h3-12H,22H2,1-2H3,(H2,23,24). The predicted octanol–water partition coefficient (Wildman–Crippen LogP) is 3.11. The molecule has 144 valence electrons. The van der Waals surface area contributed by atoms with Gasteiger partial charge in [0.1, 0.15) is 5.75 Å². The third-order valence-electron chi connectivity index (χ3n) is 4.46. The topological polar surface area (TPSA) is 112 Å². The Morgan fingerprint density at radius 1 is 0.893 bits per heavy atom. The van der Waals surface area contributed by atoms with Gasteiger partial charge in [-0.05, 0) is 53.1 Å². The first-order valence-corrected chi connectivity index (χ1v) is 10.3. The molecular formula is C21H20N2O4S. The van der Waals surface area contributed by atoms with E-state index in [-0.39, 0.29) is 16.1 Å². The van der Waals surface area contributed by atoms with Crippen LogP contribution >= 0.6 is 0 Å². The number of nitrogen functional groups attached to an aromatic ring is 1. The maximum atomic E-state index is 11.9. The Balaban J connectivity index is 2.17. The Bertz CT molecular complexity index is 1140. The van der Waals surface area contributed by atoms with E-state index in [9.17, 15) is 13.2 Å². The Morgan fingerprint density at radius 2 is 1.46 bits per heavy atom. The number of carbonyl (C=O) groups is 1. The number of amides is 1. The fourth-order valence-corrected chi connectivity index (χ4v) is 3.56. The Morgan fingerprint density at radius 3 is 1.96 bits per heavy atom. The summed E-state index contributed by atoms with van der Waals surface area (Å²) in [5.41, 5.74) is 15.1. The van der Waals surface area contributed by atoms with Gasteiger partial charge in [0.2, 0.25) is 0 Å². The van der Waals surface area contributed by atoms with Crippen LogP contribution in [-0.4, -0.2) is 27.7 Å². The number of nitrogens with two attached hydrogens (primary N) is 2. The first kappa shape index (κ1) is 19.4. The molecule has 0 radical (unpaired) electrons. The van der Waals surface area contributed by atoms with E-state index >= 15 is 0 Å². The van der Waals surface area contributed by atoms with Crippen molar-refractivity contribution in [2.24, 2.45) is 5.73 Å². The molecule has 0 atom stereocenters. The lowest BCUT2D eigenvalue weighted by Gasteiger charge is -2.14.